The molecule has 0 aliphatic heterocycles. The number of hydrazine groups is 1. The van der Waals surface area contributed by atoms with Gasteiger partial charge in [-0.15, -0.1) is 0 Å². The summed E-state index contributed by atoms with van der Waals surface area (Å²) in [5.74, 6) is -2.21. The Morgan fingerprint density at radius 3 is 1.74 bits per heavy atom. The molecular formula is C26H26N4O4. The van der Waals surface area contributed by atoms with E-state index in [9.17, 15) is 19.2 Å². The first-order chi connectivity index (χ1) is 16.4. The van der Waals surface area contributed by atoms with Crippen molar-refractivity contribution in [1.82, 2.24) is 16.2 Å². The molecule has 0 fully saturated rings. The molecule has 4 amide bonds. The minimum absolute atomic E-state index is 0.207. The third-order valence-electron chi connectivity index (χ3n) is 5.03. The number of hydrogen-bond acceptors (Lipinski definition) is 4. The summed E-state index contributed by atoms with van der Waals surface area (Å²) in [5, 5.41) is 5.44. The Morgan fingerprint density at radius 1 is 0.618 bits per heavy atom. The van der Waals surface area contributed by atoms with Gasteiger partial charge in [0.15, 0.2) is 0 Å². The molecule has 0 aromatic heterocycles. The monoisotopic (exact) mass is 458 g/mol. The molecule has 0 aliphatic carbocycles. The minimum Gasteiger partial charge on any atom is -0.340 e. The van der Waals surface area contributed by atoms with E-state index in [1.807, 2.05) is 0 Å². The second kappa shape index (κ2) is 11.4. The molecule has 0 heterocycles. The predicted octanol–water partition coefficient (Wildman–Crippen LogP) is 3.15. The number of carbonyl (C=O) groups is 4. The summed E-state index contributed by atoms with van der Waals surface area (Å²) >= 11 is 0. The molecule has 0 saturated carbocycles. The summed E-state index contributed by atoms with van der Waals surface area (Å²) < 4.78 is 0. The van der Waals surface area contributed by atoms with Crippen LogP contribution in [-0.4, -0.2) is 29.7 Å². The van der Waals surface area contributed by atoms with Crippen LogP contribution < -0.4 is 21.5 Å². The molecular weight excluding hydrogens is 432 g/mol. The van der Waals surface area contributed by atoms with Crippen LogP contribution >= 0.6 is 0 Å². The number of nitrogens with one attached hydrogen (secondary N) is 4. The Kier molecular flexibility index (Phi) is 8.12. The summed E-state index contributed by atoms with van der Waals surface area (Å²) in [6, 6.07) is 22.7. The van der Waals surface area contributed by atoms with Gasteiger partial charge in [0.05, 0.1) is 11.3 Å². The van der Waals surface area contributed by atoms with Gasteiger partial charge in [-0.2, -0.15) is 0 Å². The van der Waals surface area contributed by atoms with Crippen LogP contribution in [0.2, 0.25) is 0 Å². The molecule has 3 aromatic carbocycles. The molecule has 3 aromatic rings. The van der Waals surface area contributed by atoms with Crippen LogP contribution in [0.3, 0.4) is 0 Å². The van der Waals surface area contributed by atoms with Crippen LogP contribution in [0.5, 0.6) is 0 Å². The summed E-state index contributed by atoms with van der Waals surface area (Å²) in [5.41, 5.74) is 6.08. The van der Waals surface area contributed by atoms with Crippen molar-refractivity contribution in [2.45, 2.75) is 19.9 Å². The Balaban J connectivity index is 1.68. The van der Waals surface area contributed by atoms with Crippen LogP contribution in [0.1, 0.15) is 44.9 Å². The lowest BCUT2D eigenvalue weighted by atomic mass is 10.0. The Morgan fingerprint density at radius 2 is 1.15 bits per heavy atom. The quantitative estimate of drug-likeness (QED) is 0.407. The van der Waals surface area contributed by atoms with Crippen molar-refractivity contribution in [3.8, 4) is 0 Å². The van der Waals surface area contributed by atoms with Crippen molar-refractivity contribution >= 4 is 29.3 Å². The zero-order valence-electron chi connectivity index (χ0n) is 18.9. The summed E-state index contributed by atoms with van der Waals surface area (Å²) in [7, 11) is 0. The van der Waals surface area contributed by atoms with E-state index in [1.54, 1.807) is 98.8 Å². The normalized spacial score (nSPS) is 11.3. The van der Waals surface area contributed by atoms with Gasteiger partial charge in [-0.25, -0.2) is 0 Å². The van der Waals surface area contributed by atoms with Gasteiger partial charge in [0.2, 0.25) is 0 Å². The van der Waals surface area contributed by atoms with Gasteiger partial charge in [-0.1, -0.05) is 62.4 Å². The summed E-state index contributed by atoms with van der Waals surface area (Å²) in [4.78, 5) is 50.5. The zero-order chi connectivity index (χ0) is 24.5. The number of benzene rings is 3. The number of rotatable bonds is 7. The molecule has 1 atom stereocenters. The van der Waals surface area contributed by atoms with Crippen molar-refractivity contribution in [3.63, 3.8) is 0 Å². The molecule has 8 nitrogen and oxygen atoms in total. The fourth-order valence-electron chi connectivity index (χ4n) is 3.19. The second-order valence-electron chi connectivity index (χ2n) is 7.87. The average Bonchev–Trinajstić information content (AvgIpc) is 2.86. The van der Waals surface area contributed by atoms with Crippen molar-refractivity contribution < 1.29 is 19.2 Å². The fourth-order valence-corrected chi connectivity index (χ4v) is 3.19. The molecule has 0 saturated heterocycles. The van der Waals surface area contributed by atoms with Crippen LogP contribution in [0.25, 0.3) is 0 Å². The van der Waals surface area contributed by atoms with E-state index in [-0.39, 0.29) is 17.4 Å². The van der Waals surface area contributed by atoms with E-state index in [1.165, 1.54) is 0 Å². The standard InChI is InChI=1S/C26H26N4O4/c1-17(2)22(26(34)30-29-24(32)19-13-7-4-8-14-19)28-25(33)20-15-9-10-16-21(20)27-23(31)18-11-5-3-6-12-18/h3-17,22H,1-2H3,(H,27,31)(H,28,33)(H,29,32)(H,30,34). The molecule has 0 spiro atoms. The largest absolute Gasteiger partial charge is 0.340 e. The first kappa shape index (κ1) is 24.2. The average molecular weight is 459 g/mol. The van der Waals surface area contributed by atoms with Crippen molar-refractivity contribution in [2.24, 2.45) is 5.92 Å². The molecule has 3 rings (SSSR count). The van der Waals surface area contributed by atoms with Gasteiger partial charge >= 0.3 is 0 Å². The van der Waals surface area contributed by atoms with Crippen LogP contribution in [-0.2, 0) is 4.79 Å². The number of para-hydroxylation sites is 1. The van der Waals surface area contributed by atoms with Crippen molar-refractivity contribution in [3.05, 3.63) is 102 Å². The van der Waals surface area contributed by atoms with Crippen LogP contribution in [0.15, 0.2) is 84.9 Å². The second-order valence-corrected chi connectivity index (χ2v) is 7.87. The molecule has 0 bridgehead atoms. The molecule has 0 radical (unpaired) electrons. The highest BCUT2D eigenvalue weighted by atomic mass is 16.2. The first-order valence-electron chi connectivity index (χ1n) is 10.8. The highest BCUT2D eigenvalue weighted by Crippen LogP contribution is 2.17. The van der Waals surface area contributed by atoms with E-state index in [2.05, 4.69) is 21.5 Å². The van der Waals surface area contributed by atoms with E-state index in [0.717, 1.165) is 0 Å². The lowest BCUT2D eigenvalue weighted by molar-refractivity contribution is -0.124. The lowest BCUT2D eigenvalue weighted by Gasteiger charge is -2.22. The van der Waals surface area contributed by atoms with Gasteiger partial charge in [0, 0.05) is 11.1 Å². The molecule has 0 aliphatic rings. The third-order valence-corrected chi connectivity index (χ3v) is 5.03. The van der Waals surface area contributed by atoms with E-state index in [0.29, 0.717) is 16.8 Å². The van der Waals surface area contributed by atoms with Crippen LogP contribution in [0, 0.1) is 5.92 Å². The maximum absolute atomic E-state index is 13.0. The van der Waals surface area contributed by atoms with Crippen LogP contribution in [0.4, 0.5) is 5.69 Å². The highest BCUT2D eigenvalue weighted by Gasteiger charge is 2.26. The fraction of sp³-hybridized carbons (Fsp3) is 0.154. The van der Waals surface area contributed by atoms with Gasteiger partial charge < -0.3 is 10.6 Å². The Labute approximate surface area is 197 Å². The third kappa shape index (κ3) is 6.29. The van der Waals surface area contributed by atoms with Gasteiger partial charge in [0.25, 0.3) is 23.6 Å². The Bertz CT molecular complexity index is 1160. The molecule has 34 heavy (non-hydrogen) atoms. The zero-order valence-corrected chi connectivity index (χ0v) is 18.9. The van der Waals surface area contributed by atoms with Gasteiger partial charge in [0.1, 0.15) is 6.04 Å². The maximum Gasteiger partial charge on any atom is 0.269 e. The molecule has 8 heteroatoms. The highest BCUT2D eigenvalue weighted by molar-refractivity contribution is 6.09. The molecule has 174 valence electrons. The predicted molar refractivity (Wildman–Crippen MR) is 129 cm³/mol. The smallest absolute Gasteiger partial charge is 0.269 e. The van der Waals surface area contributed by atoms with Gasteiger partial charge in [-0.3, -0.25) is 30.0 Å². The molecule has 1 unspecified atom stereocenters. The number of carbonyl (C=O) groups excluding carboxylic acids is 4. The van der Waals surface area contributed by atoms with E-state index >= 15 is 0 Å². The SMILES string of the molecule is CC(C)C(NC(=O)c1ccccc1NC(=O)c1ccccc1)C(=O)NNC(=O)c1ccccc1. The number of anilines is 1. The van der Waals surface area contributed by atoms with Gasteiger partial charge in [-0.05, 0) is 42.3 Å². The van der Waals surface area contributed by atoms with E-state index in [4.69, 9.17) is 0 Å². The topological polar surface area (TPSA) is 116 Å². The summed E-state index contributed by atoms with van der Waals surface area (Å²) in [6.45, 7) is 3.54. The minimum atomic E-state index is -0.929. The Hall–Kier alpha value is -4.46. The lowest BCUT2D eigenvalue weighted by Crippen LogP contribution is -2.54. The molecule has 4 N–H and O–H groups in total. The van der Waals surface area contributed by atoms with Crippen molar-refractivity contribution in [2.75, 3.05) is 5.32 Å². The summed E-state index contributed by atoms with van der Waals surface area (Å²) in [6.07, 6.45) is 0. The maximum atomic E-state index is 13.0. The van der Waals surface area contributed by atoms with Crippen molar-refractivity contribution in [1.29, 1.82) is 0 Å². The first-order valence-corrected chi connectivity index (χ1v) is 10.8. The number of hydrogen-bond donors (Lipinski definition) is 4. The van der Waals surface area contributed by atoms with E-state index < -0.39 is 23.8 Å². The number of amides is 4.